The van der Waals surface area contributed by atoms with Crippen molar-refractivity contribution in [1.29, 1.82) is 0 Å². The average molecular weight is 271 g/mol. The maximum Gasteiger partial charge on any atom is 0.145 e. The van der Waals surface area contributed by atoms with Crippen molar-refractivity contribution in [2.75, 3.05) is 0 Å². The molecule has 0 N–H and O–H groups in total. The van der Waals surface area contributed by atoms with Crippen molar-refractivity contribution in [1.82, 2.24) is 0 Å². The highest BCUT2D eigenvalue weighted by atomic mass is 35.5. The second kappa shape index (κ2) is 5.21. The van der Waals surface area contributed by atoms with Gasteiger partial charge >= 0.3 is 0 Å². The van der Waals surface area contributed by atoms with E-state index in [1.807, 2.05) is 13.8 Å². The second-order valence-corrected chi connectivity index (χ2v) is 7.02. The Morgan fingerprint density at radius 2 is 1.56 bits per heavy atom. The molecular formula is C16H24ClF. The largest absolute Gasteiger partial charge is 0.205 e. The van der Waals surface area contributed by atoms with Crippen LogP contribution < -0.4 is 0 Å². The number of benzene rings is 1. The predicted molar refractivity (Wildman–Crippen MR) is 78.3 cm³/mol. The van der Waals surface area contributed by atoms with Crippen molar-refractivity contribution in [3.63, 3.8) is 0 Å². The molecule has 102 valence electrons. The van der Waals surface area contributed by atoms with E-state index in [4.69, 9.17) is 11.6 Å². The van der Waals surface area contributed by atoms with E-state index >= 15 is 0 Å². The molecule has 0 amide bonds. The Morgan fingerprint density at radius 3 is 1.89 bits per heavy atom. The summed E-state index contributed by atoms with van der Waals surface area (Å²) in [5, 5.41) is 0.246. The van der Waals surface area contributed by atoms with Gasteiger partial charge in [-0.2, -0.15) is 0 Å². The van der Waals surface area contributed by atoms with E-state index in [2.05, 4.69) is 34.6 Å². The first-order valence-electron chi connectivity index (χ1n) is 6.59. The molecule has 0 aliphatic heterocycles. The topological polar surface area (TPSA) is 0 Å². The quantitative estimate of drug-likeness (QED) is 0.616. The van der Waals surface area contributed by atoms with Gasteiger partial charge < -0.3 is 0 Å². The molecule has 2 heteroatoms. The van der Waals surface area contributed by atoms with Crippen molar-refractivity contribution in [3.05, 3.63) is 33.6 Å². The first-order chi connectivity index (χ1) is 8.07. The third kappa shape index (κ3) is 2.88. The number of hydrogen-bond donors (Lipinski definition) is 0. The fraction of sp³-hybridized carbons (Fsp3) is 0.625. The molecule has 0 saturated heterocycles. The highest BCUT2D eigenvalue weighted by Gasteiger charge is 2.28. The molecule has 0 fully saturated rings. The van der Waals surface area contributed by atoms with Gasteiger partial charge in [0.25, 0.3) is 0 Å². The molecule has 1 aromatic rings. The van der Waals surface area contributed by atoms with E-state index in [0.29, 0.717) is 5.92 Å². The van der Waals surface area contributed by atoms with Crippen molar-refractivity contribution in [3.8, 4) is 0 Å². The van der Waals surface area contributed by atoms with E-state index in [1.54, 1.807) is 6.07 Å². The number of rotatable bonds is 2. The lowest BCUT2D eigenvalue weighted by Crippen LogP contribution is -2.20. The summed E-state index contributed by atoms with van der Waals surface area (Å²) in [7, 11) is 0. The Morgan fingerprint density at radius 1 is 1.06 bits per heavy atom. The highest BCUT2D eigenvalue weighted by molar-refractivity contribution is 6.30. The van der Waals surface area contributed by atoms with Gasteiger partial charge in [0, 0.05) is 0 Å². The highest BCUT2D eigenvalue weighted by Crippen LogP contribution is 2.40. The summed E-state index contributed by atoms with van der Waals surface area (Å²) < 4.78 is 14.4. The van der Waals surface area contributed by atoms with Gasteiger partial charge in [0.1, 0.15) is 5.82 Å². The third-order valence-corrected chi connectivity index (χ3v) is 3.51. The lowest BCUT2D eigenvalue weighted by Gasteiger charge is -2.30. The van der Waals surface area contributed by atoms with E-state index in [1.165, 1.54) is 0 Å². The zero-order chi connectivity index (χ0) is 14.2. The molecule has 0 aromatic heterocycles. The molecule has 18 heavy (non-hydrogen) atoms. The van der Waals surface area contributed by atoms with E-state index in [-0.39, 0.29) is 22.2 Å². The van der Waals surface area contributed by atoms with E-state index in [9.17, 15) is 4.39 Å². The number of hydrogen-bond acceptors (Lipinski definition) is 0. The molecule has 0 aliphatic rings. The summed E-state index contributed by atoms with van der Waals surface area (Å²) in [6.07, 6.45) is 0. The van der Waals surface area contributed by atoms with E-state index < -0.39 is 0 Å². The maximum atomic E-state index is 14.4. The van der Waals surface area contributed by atoms with Crippen molar-refractivity contribution in [2.45, 2.75) is 65.7 Å². The normalized spacial score (nSPS) is 12.6. The van der Waals surface area contributed by atoms with Gasteiger partial charge in [0.15, 0.2) is 0 Å². The Bertz CT molecular complexity index is 439. The lowest BCUT2D eigenvalue weighted by molar-refractivity contribution is 0.534. The van der Waals surface area contributed by atoms with Gasteiger partial charge in [0.05, 0.1) is 5.02 Å². The lowest BCUT2D eigenvalue weighted by atomic mass is 9.75. The molecule has 0 spiro atoms. The molecule has 0 aliphatic carbocycles. The summed E-state index contributed by atoms with van der Waals surface area (Å²) in [4.78, 5) is 0. The summed E-state index contributed by atoms with van der Waals surface area (Å²) >= 11 is 6.05. The molecule has 0 heterocycles. The van der Waals surface area contributed by atoms with Crippen LogP contribution in [0.3, 0.4) is 0 Å². The molecule has 0 atom stereocenters. The zero-order valence-electron chi connectivity index (χ0n) is 12.5. The van der Waals surface area contributed by atoms with Crippen molar-refractivity contribution < 1.29 is 4.39 Å². The Balaban J connectivity index is 3.76. The van der Waals surface area contributed by atoms with Crippen LogP contribution in [0.15, 0.2) is 6.07 Å². The average Bonchev–Trinajstić information content (AvgIpc) is 2.18. The molecular weight excluding hydrogens is 247 g/mol. The smallest absolute Gasteiger partial charge is 0.145 e. The minimum Gasteiger partial charge on any atom is -0.205 e. The molecule has 0 saturated carbocycles. The van der Waals surface area contributed by atoms with Crippen LogP contribution in [0.2, 0.25) is 5.02 Å². The fourth-order valence-corrected chi connectivity index (χ4v) is 2.72. The van der Waals surface area contributed by atoms with Crippen LogP contribution in [0.4, 0.5) is 4.39 Å². The third-order valence-electron chi connectivity index (χ3n) is 3.24. The number of halogens is 2. The summed E-state index contributed by atoms with van der Waals surface area (Å²) in [5.41, 5.74) is 2.98. The van der Waals surface area contributed by atoms with Crippen LogP contribution in [0.25, 0.3) is 0 Å². The fourth-order valence-electron chi connectivity index (χ4n) is 2.50. The Hall–Kier alpha value is -0.560. The molecule has 0 unspecified atom stereocenters. The molecule has 0 nitrogen and oxygen atoms in total. The van der Waals surface area contributed by atoms with Crippen LogP contribution >= 0.6 is 11.6 Å². The monoisotopic (exact) mass is 270 g/mol. The van der Waals surface area contributed by atoms with Crippen LogP contribution in [0.1, 0.15) is 77.0 Å². The van der Waals surface area contributed by atoms with Gasteiger partial charge in [-0.25, -0.2) is 4.39 Å². The zero-order valence-corrected chi connectivity index (χ0v) is 13.2. The van der Waals surface area contributed by atoms with Crippen molar-refractivity contribution in [2.24, 2.45) is 0 Å². The van der Waals surface area contributed by atoms with Gasteiger partial charge in [-0.05, 0) is 40.0 Å². The summed E-state index contributed by atoms with van der Waals surface area (Å²) in [6.45, 7) is 14.7. The van der Waals surface area contributed by atoms with Crippen LogP contribution in [-0.4, -0.2) is 0 Å². The van der Waals surface area contributed by atoms with Crippen molar-refractivity contribution >= 4 is 11.6 Å². The summed E-state index contributed by atoms with van der Waals surface area (Å²) in [6, 6.07) is 1.80. The Labute approximate surface area is 116 Å². The summed E-state index contributed by atoms with van der Waals surface area (Å²) in [5.74, 6) is 0.228. The van der Waals surface area contributed by atoms with Crippen LogP contribution in [0.5, 0.6) is 0 Å². The first kappa shape index (κ1) is 15.5. The van der Waals surface area contributed by atoms with Crippen LogP contribution in [0, 0.1) is 5.82 Å². The minimum atomic E-state index is -0.249. The second-order valence-electron chi connectivity index (χ2n) is 6.61. The minimum absolute atomic E-state index is 0.0787. The standard InChI is InChI=1S/C16H24ClF/c1-9(2)11-8-12(17)15(18)13(10(3)4)14(11)16(5,6)7/h8-10H,1-7H3. The van der Waals surface area contributed by atoms with Gasteiger partial charge in [-0.15, -0.1) is 0 Å². The Kier molecular flexibility index (Phi) is 4.48. The van der Waals surface area contributed by atoms with Gasteiger partial charge in [-0.3, -0.25) is 0 Å². The molecule has 0 radical (unpaired) electrons. The van der Waals surface area contributed by atoms with Gasteiger partial charge in [0.2, 0.25) is 0 Å². The maximum absolute atomic E-state index is 14.4. The van der Waals surface area contributed by atoms with Gasteiger partial charge in [-0.1, -0.05) is 60.1 Å². The van der Waals surface area contributed by atoms with E-state index in [0.717, 1.165) is 16.7 Å². The van der Waals surface area contributed by atoms with Crippen LogP contribution in [-0.2, 0) is 5.41 Å². The first-order valence-corrected chi connectivity index (χ1v) is 6.97. The molecule has 0 bridgehead atoms. The molecule has 1 aromatic carbocycles. The predicted octanol–water partition coefficient (Wildman–Crippen LogP) is 6.02. The SMILES string of the molecule is CC(C)c1cc(Cl)c(F)c(C(C)C)c1C(C)(C)C. The molecule has 1 rings (SSSR count).